The van der Waals surface area contributed by atoms with Gasteiger partial charge in [0.05, 0.1) is 5.60 Å². The van der Waals surface area contributed by atoms with E-state index in [4.69, 9.17) is 11.6 Å². The van der Waals surface area contributed by atoms with E-state index >= 15 is 0 Å². The number of rotatable bonds is 7. The summed E-state index contributed by atoms with van der Waals surface area (Å²) in [6.45, 7) is 0.322. The van der Waals surface area contributed by atoms with Crippen LogP contribution in [-0.2, 0) is 16.0 Å². The fourth-order valence-corrected chi connectivity index (χ4v) is 4.39. The molecule has 0 bridgehead atoms. The lowest BCUT2D eigenvalue weighted by atomic mass is 9.84. The monoisotopic (exact) mass is 392 g/mol. The molecule has 1 saturated heterocycles. The van der Waals surface area contributed by atoms with Crippen molar-refractivity contribution in [3.8, 4) is 0 Å². The molecule has 3 rings (SSSR count). The molecule has 1 aromatic rings. The second kappa shape index (κ2) is 8.61. The van der Waals surface area contributed by atoms with Crippen LogP contribution in [0.15, 0.2) is 24.3 Å². The molecule has 1 unspecified atom stereocenters. The van der Waals surface area contributed by atoms with Crippen molar-refractivity contribution in [1.82, 2.24) is 10.6 Å². The summed E-state index contributed by atoms with van der Waals surface area (Å²) in [5.41, 5.74) is -0.0426. The lowest BCUT2D eigenvalue weighted by Gasteiger charge is -2.32. The fraction of sp³-hybridized carbons (Fsp3) is 0.619. The maximum absolute atomic E-state index is 12.4. The molecule has 27 heavy (non-hydrogen) atoms. The molecule has 6 heteroatoms. The molecule has 3 N–H and O–H groups in total. The highest BCUT2D eigenvalue weighted by Gasteiger charge is 2.38. The highest BCUT2D eigenvalue weighted by molar-refractivity contribution is 6.30. The van der Waals surface area contributed by atoms with Crippen LogP contribution in [0.25, 0.3) is 0 Å². The van der Waals surface area contributed by atoms with Gasteiger partial charge in [0.25, 0.3) is 0 Å². The molecule has 2 fully saturated rings. The molecule has 1 aliphatic carbocycles. The summed E-state index contributed by atoms with van der Waals surface area (Å²) in [4.78, 5) is 24.2. The summed E-state index contributed by atoms with van der Waals surface area (Å²) in [5, 5.41) is 17.2. The molecule has 1 aromatic carbocycles. The Morgan fingerprint density at radius 2 is 1.85 bits per heavy atom. The van der Waals surface area contributed by atoms with E-state index in [0.29, 0.717) is 37.3 Å². The second-order valence-corrected chi connectivity index (χ2v) is 8.63. The topological polar surface area (TPSA) is 78.4 Å². The predicted molar refractivity (Wildman–Crippen MR) is 106 cm³/mol. The van der Waals surface area contributed by atoms with Crippen LogP contribution in [0.1, 0.15) is 63.4 Å². The SMILES string of the molecule is O=C(CCC1(Cc2ccc(Cl)cc2)CCC(=O)N1)NCC1(O)CCCCC1. The minimum atomic E-state index is -0.753. The second-order valence-electron chi connectivity index (χ2n) is 8.19. The number of halogens is 1. The number of benzene rings is 1. The van der Waals surface area contributed by atoms with Gasteiger partial charge in [-0.15, -0.1) is 0 Å². The van der Waals surface area contributed by atoms with E-state index in [1.165, 1.54) is 0 Å². The van der Waals surface area contributed by atoms with Gasteiger partial charge in [-0.2, -0.15) is 0 Å². The van der Waals surface area contributed by atoms with Crippen molar-refractivity contribution >= 4 is 23.4 Å². The molecular weight excluding hydrogens is 364 g/mol. The molecular formula is C21H29ClN2O3. The summed E-state index contributed by atoms with van der Waals surface area (Å²) >= 11 is 5.96. The number of aliphatic hydroxyl groups is 1. The largest absolute Gasteiger partial charge is 0.388 e. The Morgan fingerprint density at radius 1 is 1.15 bits per heavy atom. The van der Waals surface area contributed by atoms with Crippen LogP contribution < -0.4 is 10.6 Å². The van der Waals surface area contributed by atoms with Crippen LogP contribution in [0.5, 0.6) is 0 Å². The molecule has 148 valence electrons. The molecule has 2 amide bonds. The zero-order valence-electron chi connectivity index (χ0n) is 15.7. The fourth-order valence-electron chi connectivity index (χ4n) is 4.27. The maximum Gasteiger partial charge on any atom is 0.220 e. The predicted octanol–water partition coefficient (Wildman–Crippen LogP) is 3.12. The average Bonchev–Trinajstić information content (AvgIpc) is 3.02. The molecule has 2 aliphatic rings. The Hall–Kier alpha value is -1.59. The number of hydrogen-bond donors (Lipinski definition) is 3. The standard InChI is InChI=1S/C21H29ClN2O3/c22-17-6-4-16(5-7-17)14-20(13-9-19(26)24-20)12-8-18(25)23-15-21(27)10-2-1-3-11-21/h4-7,27H,1-3,8-15H2,(H,23,25)(H,24,26). The molecule has 0 aromatic heterocycles. The van der Waals surface area contributed by atoms with E-state index in [2.05, 4.69) is 10.6 Å². The van der Waals surface area contributed by atoms with Crippen molar-refractivity contribution in [2.45, 2.75) is 75.3 Å². The van der Waals surface area contributed by atoms with Gasteiger partial charge in [0.1, 0.15) is 0 Å². The van der Waals surface area contributed by atoms with Gasteiger partial charge in [0.2, 0.25) is 11.8 Å². The van der Waals surface area contributed by atoms with Crippen molar-refractivity contribution in [1.29, 1.82) is 0 Å². The van der Waals surface area contributed by atoms with E-state index in [1.807, 2.05) is 24.3 Å². The molecule has 1 heterocycles. The number of carbonyl (C=O) groups excluding carboxylic acids is 2. The van der Waals surface area contributed by atoms with Crippen LogP contribution >= 0.6 is 11.6 Å². The Bertz CT molecular complexity index is 671. The van der Waals surface area contributed by atoms with Gasteiger partial charge < -0.3 is 15.7 Å². The van der Waals surface area contributed by atoms with Gasteiger partial charge >= 0.3 is 0 Å². The first-order valence-corrected chi connectivity index (χ1v) is 10.3. The summed E-state index contributed by atoms with van der Waals surface area (Å²) in [5.74, 6) is -0.0217. The number of amides is 2. The molecule has 0 radical (unpaired) electrons. The number of carbonyl (C=O) groups is 2. The summed E-state index contributed by atoms with van der Waals surface area (Å²) in [7, 11) is 0. The van der Waals surface area contributed by atoms with Gasteiger partial charge in [0, 0.05) is 29.9 Å². The lowest BCUT2D eigenvalue weighted by molar-refractivity contribution is -0.124. The summed E-state index contributed by atoms with van der Waals surface area (Å²) in [6.07, 6.45) is 7.53. The van der Waals surface area contributed by atoms with Gasteiger partial charge in [0.15, 0.2) is 0 Å². The van der Waals surface area contributed by atoms with E-state index in [1.54, 1.807) is 0 Å². The van der Waals surface area contributed by atoms with Crippen molar-refractivity contribution in [2.24, 2.45) is 0 Å². The Balaban J connectivity index is 1.54. The van der Waals surface area contributed by atoms with Crippen LogP contribution in [0.3, 0.4) is 0 Å². The van der Waals surface area contributed by atoms with Crippen molar-refractivity contribution in [3.63, 3.8) is 0 Å². The number of hydrogen-bond acceptors (Lipinski definition) is 3. The quantitative estimate of drug-likeness (QED) is 0.667. The van der Waals surface area contributed by atoms with Gasteiger partial charge in [-0.3, -0.25) is 9.59 Å². The minimum Gasteiger partial charge on any atom is -0.388 e. The lowest BCUT2D eigenvalue weighted by Crippen LogP contribution is -2.46. The zero-order chi connectivity index (χ0) is 19.3. The Labute approximate surface area is 165 Å². The first kappa shape index (κ1) is 20.2. The molecule has 0 spiro atoms. The van der Waals surface area contributed by atoms with Gasteiger partial charge in [-0.25, -0.2) is 0 Å². The third kappa shape index (κ3) is 5.69. The molecule has 5 nitrogen and oxygen atoms in total. The smallest absolute Gasteiger partial charge is 0.220 e. The van der Waals surface area contributed by atoms with Crippen LogP contribution in [-0.4, -0.2) is 34.6 Å². The van der Waals surface area contributed by atoms with Crippen molar-refractivity contribution in [2.75, 3.05) is 6.54 Å². The Kier molecular flexibility index (Phi) is 6.43. The summed E-state index contributed by atoms with van der Waals surface area (Å²) in [6, 6.07) is 7.62. The van der Waals surface area contributed by atoms with Crippen LogP contribution in [0.4, 0.5) is 0 Å². The number of nitrogens with one attached hydrogen (secondary N) is 2. The average molecular weight is 393 g/mol. The first-order chi connectivity index (χ1) is 12.9. The Morgan fingerprint density at radius 3 is 2.48 bits per heavy atom. The van der Waals surface area contributed by atoms with Crippen LogP contribution in [0.2, 0.25) is 5.02 Å². The normalized spacial score (nSPS) is 24.4. The highest BCUT2D eigenvalue weighted by Crippen LogP contribution is 2.30. The maximum atomic E-state index is 12.4. The molecule has 1 saturated carbocycles. The van der Waals surface area contributed by atoms with E-state index in [9.17, 15) is 14.7 Å². The van der Waals surface area contributed by atoms with Gasteiger partial charge in [-0.05, 0) is 49.8 Å². The zero-order valence-corrected chi connectivity index (χ0v) is 16.5. The first-order valence-electron chi connectivity index (χ1n) is 9.93. The molecule has 1 aliphatic heterocycles. The van der Waals surface area contributed by atoms with E-state index in [-0.39, 0.29) is 17.4 Å². The third-order valence-corrected chi connectivity index (χ3v) is 6.17. The van der Waals surface area contributed by atoms with Crippen molar-refractivity contribution in [3.05, 3.63) is 34.9 Å². The van der Waals surface area contributed by atoms with E-state index in [0.717, 1.165) is 44.1 Å². The van der Waals surface area contributed by atoms with Gasteiger partial charge in [-0.1, -0.05) is 43.0 Å². The highest BCUT2D eigenvalue weighted by atomic mass is 35.5. The third-order valence-electron chi connectivity index (χ3n) is 5.92. The van der Waals surface area contributed by atoms with Crippen LogP contribution in [0, 0.1) is 0 Å². The molecule has 1 atom stereocenters. The van der Waals surface area contributed by atoms with E-state index < -0.39 is 5.60 Å². The minimum absolute atomic E-state index is 0.0425. The summed E-state index contributed by atoms with van der Waals surface area (Å²) < 4.78 is 0. The van der Waals surface area contributed by atoms with Crippen molar-refractivity contribution < 1.29 is 14.7 Å².